The summed E-state index contributed by atoms with van der Waals surface area (Å²) in [6, 6.07) is 0. The molecule has 1 unspecified atom stereocenters. The summed E-state index contributed by atoms with van der Waals surface area (Å²) in [4.78, 5) is 19.6. The highest BCUT2D eigenvalue weighted by Gasteiger charge is 2.10. The van der Waals surface area contributed by atoms with E-state index >= 15 is 0 Å². The van der Waals surface area contributed by atoms with Gasteiger partial charge in [0.05, 0.1) is 12.4 Å². The van der Waals surface area contributed by atoms with Crippen LogP contribution in [0.1, 0.15) is 13.3 Å². The fraction of sp³-hybridized carbons (Fsp3) is 0.556. The summed E-state index contributed by atoms with van der Waals surface area (Å²) in [6.07, 6.45) is 1.65. The first-order chi connectivity index (χ1) is 7.02. The lowest BCUT2D eigenvalue weighted by molar-refractivity contribution is 0.187. The van der Waals surface area contributed by atoms with Crippen molar-refractivity contribution >= 4 is 21.7 Å². The highest BCUT2D eigenvalue weighted by molar-refractivity contribution is 9.10. The van der Waals surface area contributed by atoms with Gasteiger partial charge in [-0.3, -0.25) is 4.79 Å². The lowest BCUT2D eigenvalue weighted by atomic mass is 10.3. The quantitative estimate of drug-likeness (QED) is 0.851. The Bertz CT molecular complexity index is 378. The first kappa shape index (κ1) is 12.2. The number of nitrogens with one attached hydrogen (secondary N) is 1. The molecule has 6 heteroatoms. The number of aliphatic hydroxyl groups is 1. The molecule has 5 nitrogen and oxygen atoms in total. The summed E-state index contributed by atoms with van der Waals surface area (Å²) >= 11 is 3.18. The van der Waals surface area contributed by atoms with Crippen LogP contribution in [0, 0.1) is 0 Å². The summed E-state index contributed by atoms with van der Waals surface area (Å²) in [5.74, 6) is 0.583. The van der Waals surface area contributed by atoms with Gasteiger partial charge in [0.1, 0.15) is 10.3 Å². The molecule has 0 aliphatic carbocycles. The Morgan fingerprint density at radius 2 is 2.40 bits per heavy atom. The second kappa shape index (κ2) is 5.27. The number of aromatic nitrogens is 2. The molecule has 0 radical (unpaired) electrons. The molecule has 84 valence electrons. The van der Waals surface area contributed by atoms with Crippen molar-refractivity contribution in [2.24, 2.45) is 0 Å². The van der Waals surface area contributed by atoms with Gasteiger partial charge in [-0.25, -0.2) is 4.98 Å². The molecular weight excluding hydrogens is 262 g/mol. The molecule has 1 atom stereocenters. The molecular formula is C9H14BrN3O2. The molecule has 1 heterocycles. The Morgan fingerprint density at radius 3 is 3.00 bits per heavy atom. The minimum absolute atomic E-state index is 0.205. The molecule has 0 amide bonds. The van der Waals surface area contributed by atoms with Crippen molar-refractivity contribution in [2.75, 3.05) is 18.5 Å². The average molecular weight is 276 g/mol. The summed E-state index contributed by atoms with van der Waals surface area (Å²) in [7, 11) is 1.83. The van der Waals surface area contributed by atoms with E-state index in [1.807, 2.05) is 11.9 Å². The van der Waals surface area contributed by atoms with Crippen LogP contribution in [0.2, 0.25) is 0 Å². The number of H-pyrrole nitrogens is 1. The van der Waals surface area contributed by atoms with Crippen molar-refractivity contribution in [1.82, 2.24) is 9.97 Å². The Morgan fingerprint density at radius 1 is 1.73 bits per heavy atom. The first-order valence-corrected chi connectivity index (χ1v) is 5.44. The fourth-order valence-electron chi connectivity index (χ4n) is 1.13. The molecule has 0 aliphatic rings. The second-order valence-electron chi connectivity index (χ2n) is 3.43. The zero-order chi connectivity index (χ0) is 11.4. The highest BCUT2D eigenvalue weighted by Crippen LogP contribution is 2.17. The highest BCUT2D eigenvalue weighted by atomic mass is 79.9. The van der Waals surface area contributed by atoms with Crippen LogP contribution >= 0.6 is 15.9 Å². The van der Waals surface area contributed by atoms with Crippen LogP contribution in [0.15, 0.2) is 15.6 Å². The van der Waals surface area contributed by atoms with Crippen molar-refractivity contribution in [1.29, 1.82) is 0 Å². The third-order valence-electron chi connectivity index (χ3n) is 2.02. The van der Waals surface area contributed by atoms with Crippen molar-refractivity contribution in [3.63, 3.8) is 0 Å². The van der Waals surface area contributed by atoms with Crippen LogP contribution in [0.25, 0.3) is 0 Å². The lowest BCUT2D eigenvalue weighted by Gasteiger charge is -2.19. The van der Waals surface area contributed by atoms with Gasteiger partial charge < -0.3 is 15.0 Å². The number of nitrogens with zero attached hydrogens (tertiary/aromatic N) is 2. The number of aromatic amines is 1. The van der Waals surface area contributed by atoms with Crippen LogP contribution < -0.4 is 10.5 Å². The van der Waals surface area contributed by atoms with Gasteiger partial charge in [0.2, 0.25) is 0 Å². The first-order valence-electron chi connectivity index (χ1n) is 4.64. The van der Waals surface area contributed by atoms with Crippen LogP contribution in [0.5, 0.6) is 0 Å². The SMILES string of the molecule is CC(O)CCN(C)c1nc[nH]c(=O)c1Br. The minimum Gasteiger partial charge on any atom is -0.393 e. The molecule has 0 aromatic carbocycles. The molecule has 0 saturated heterocycles. The van der Waals surface area contributed by atoms with E-state index in [2.05, 4.69) is 25.9 Å². The van der Waals surface area contributed by atoms with E-state index in [-0.39, 0.29) is 11.7 Å². The lowest BCUT2D eigenvalue weighted by Crippen LogP contribution is -2.25. The van der Waals surface area contributed by atoms with Gasteiger partial charge in [0.25, 0.3) is 5.56 Å². The van der Waals surface area contributed by atoms with Gasteiger partial charge >= 0.3 is 0 Å². The zero-order valence-electron chi connectivity index (χ0n) is 8.70. The maximum Gasteiger partial charge on any atom is 0.267 e. The van der Waals surface area contributed by atoms with Gasteiger partial charge in [-0.15, -0.1) is 0 Å². The second-order valence-corrected chi connectivity index (χ2v) is 4.22. The molecule has 1 aromatic heterocycles. The van der Waals surface area contributed by atoms with Crippen LogP contribution in [-0.4, -0.2) is 34.8 Å². The van der Waals surface area contributed by atoms with Gasteiger partial charge in [0.15, 0.2) is 0 Å². The van der Waals surface area contributed by atoms with Gasteiger partial charge in [0, 0.05) is 13.6 Å². The van der Waals surface area contributed by atoms with E-state index in [1.165, 1.54) is 6.33 Å². The van der Waals surface area contributed by atoms with Gasteiger partial charge in [-0.2, -0.15) is 0 Å². The molecule has 15 heavy (non-hydrogen) atoms. The Labute approximate surface area is 96.3 Å². The number of halogens is 1. The van der Waals surface area contributed by atoms with E-state index in [4.69, 9.17) is 5.11 Å². The summed E-state index contributed by atoms with van der Waals surface area (Å²) in [5.41, 5.74) is -0.205. The van der Waals surface area contributed by atoms with Crippen LogP contribution in [-0.2, 0) is 0 Å². The molecule has 2 N–H and O–H groups in total. The summed E-state index contributed by atoms with van der Waals surface area (Å²) < 4.78 is 0.415. The van der Waals surface area contributed by atoms with E-state index in [0.29, 0.717) is 23.3 Å². The topological polar surface area (TPSA) is 69.2 Å². The van der Waals surface area contributed by atoms with Gasteiger partial charge in [-0.05, 0) is 29.3 Å². The van der Waals surface area contributed by atoms with Gasteiger partial charge in [-0.1, -0.05) is 0 Å². The number of hydrogen-bond donors (Lipinski definition) is 2. The number of aliphatic hydroxyl groups excluding tert-OH is 1. The van der Waals surface area contributed by atoms with Crippen molar-refractivity contribution in [3.05, 3.63) is 21.2 Å². The van der Waals surface area contributed by atoms with Crippen molar-refractivity contribution < 1.29 is 5.11 Å². The predicted molar refractivity (Wildman–Crippen MR) is 62.1 cm³/mol. The maximum atomic E-state index is 11.3. The Balaban J connectivity index is 2.78. The van der Waals surface area contributed by atoms with E-state index in [9.17, 15) is 4.79 Å². The third kappa shape index (κ3) is 3.32. The molecule has 0 aliphatic heterocycles. The average Bonchev–Trinajstić information content (AvgIpc) is 2.18. The maximum absolute atomic E-state index is 11.3. The third-order valence-corrected chi connectivity index (χ3v) is 2.74. The standard InChI is InChI=1S/C9H14BrN3O2/c1-6(14)3-4-13(2)8-7(10)9(15)12-5-11-8/h5-6,14H,3-4H2,1-2H3,(H,11,12,15). The fourth-order valence-corrected chi connectivity index (χ4v) is 1.65. The molecule has 1 rings (SSSR count). The number of rotatable bonds is 4. The van der Waals surface area contributed by atoms with Crippen molar-refractivity contribution in [2.45, 2.75) is 19.4 Å². The Kier molecular flexibility index (Phi) is 4.28. The molecule has 0 saturated carbocycles. The smallest absolute Gasteiger partial charge is 0.267 e. The van der Waals surface area contributed by atoms with E-state index in [1.54, 1.807) is 6.92 Å². The van der Waals surface area contributed by atoms with Crippen LogP contribution in [0.3, 0.4) is 0 Å². The summed E-state index contributed by atoms with van der Waals surface area (Å²) in [5, 5.41) is 9.15. The van der Waals surface area contributed by atoms with Crippen molar-refractivity contribution in [3.8, 4) is 0 Å². The van der Waals surface area contributed by atoms with E-state index in [0.717, 1.165) is 0 Å². The molecule has 1 aromatic rings. The summed E-state index contributed by atoms with van der Waals surface area (Å²) in [6.45, 7) is 2.38. The minimum atomic E-state index is -0.353. The van der Waals surface area contributed by atoms with E-state index < -0.39 is 0 Å². The molecule has 0 bridgehead atoms. The largest absolute Gasteiger partial charge is 0.393 e. The molecule has 0 fully saturated rings. The Hall–Kier alpha value is -0.880. The van der Waals surface area contributed by atoms with Crippen LogP contribution in [0.4, 0.5) is 5.82 Å². The monoisotopic (exact) mass is 275 g/mol. The predicted octanol–water partition coefficient (Wildman–Crippen LogP) is 0.740. The number of anilines is 1. The number of hydrogen-bond acceptors (Lipinski definition) is 4. The molecule has 0 spiro atoms. The zero-order valence-corrected chi connectivity index (χ0v) is 10.3. The normalized spacial score (nSPS) is 12.5.